The van der Waals surface area contributed by atoms with E-state index in [-0.39, 0.29) is 5.82 Å². The predicted molar refractivity (Wildman–Crippen MR) is 74.3 cm³/mol. The molecule has 2 aromatic carbocycles. The molecule has 2 rings (SSSR count). The summed E-state index contributed by atoms with van der Waals surface area (Å²) < 4.78 is 17.8. The maximum Gasteiger partial charge on any atom is 0.123 e. The Balaban J connectivity index is 1.96. The quantitative estimate of drug-likeness (QED) is 0.743. The van der Waals surface area contributed by atoms with E-state index >= 15 is 0 Å². The average molecular weight is 260 g/mol. The van der Waals surface area contributed by atoms with E-state index in [4.69, 9.17) is 4.74 Å². The Kier molecular flexibility index (Phi) is 4.42. The van der Waals surface area contributed by atoms with Crippen molar-refractivity contribution in [1.29, 1.82) is 0 Å². The molecule has 0 aromatic heterocycles. The minimum atomic E-state index is -0.210. The Morgan fingerprint density at radius 2 is 1.67 bits per heavy atom. The van der Waals surface area contributed by atoms with Gasteiger partial charge in [0.25, 0.3) is 0 Å². The zero-order valence-electron chi connectivity index (χ0n) is 9.97. The first-order valence-corrected chi connectivity index (χ1v) is 6.39. The lowest BCUT2D eigenvalue weighted by Crippen LogP contribution is -1.81. The van der Waals surface area contributed by atoms with Crippen LogP contribution >= 0.6 is 11.8 Å². The van der Waals surface area contributed by atoms with Crippen molar-refractivity contribution < 1.29 is 9.13 Å². The molecule has 0 N–H and O–H groups in total. The van der Waals surface area contributed by atoms with Crippen molar-refractivity contribution in [2.45, 2.75) is 4.90 Å². The second-order valence-electron chi connectivity index (χ2n) is 3.65. The van der Waals surface area contributed by atoms with Gasteiger partial charge in [0.2, 0.25) is 0 Å². The number of thioether (sulfide) groups is 1. The minimum Gasteiger partial charge on any atom is -0.497 e. The Morgan fingerprint density at radius 1 is 1.00 bits per heavy atom. The Labute approximate surface area is 110 Å². The van der Waals surface area contributed by atoms with Gasteiger partial charge in [-0.05, 0) is 53.4 Å². The molecule has 1 nitrogen and oxygen atoms in total. The Hall–Kier alpha value is -1.74. The topological polar surface area (TPSA) is 9.23 Å². The predicted octanol–water partition coefficient (Wildman–Crippen LogP) is 4.60. The van der Waals surface area contributed by atoms with Crippen molar-refractivity contribution in [3.05, 3.63) is 65.3 Å². The van der Waals surface area contributed by atoms with Crippen LogP contribution in [0.15, 0.2) is 58.8 Å². The summed E-state index contributed by atoms with van der Waals surface area (Å²) in [6.45, 7) is 0. The third-order valence-corrected chi connectivity index (χ3v) is 3.21. The van der Waals surface area contributed by atoms with Gasteiger partial charge in [-0.2, -0.15) is 0 Å². The molecule has 0 spiro atoms. The lowest BCUT2D eigenvalue weighted by molar-refractivity contribution is 0.415. The first-order chi connectivity index (χ1) is 8.78. The van der Waals surface area contributed by atoms with Crippen molar-refractivity contribution in [3.8, 4) is 5.75 Å². The molecule has 0 aliphatic carbocycles. The number of hydrogen-bond acceptors (Lipinski definition) is 2. The van der Waals surface area contributed by atoms with Gasteiger partial charge in [0, 0.05) is 4.90 Å². The van der Waals surface area contributed by atoms with E-state index in [2.05, 4.69) is 0 Å². The van der Waals surface area contributed by atoms with E-state index in [1.807, 2.05) is 35.7 Å². The van der Waals surface area contributed by atoms with Crippen LogP contribution in [0, 0.1) is 5.82 Å². The summed E-state index contributed by atoms with van der Waals surface area (Å²) in [5.74, 6) is 0.636. The van der Waals surface area contributed by atoms with Gasteiger partial charge in [-0.25, -0.2) is 4.39 Å². The van der Waals surface area contributed by atoms with Crippen LogP contribution in [0.25, 0.3) is 6.08 Å². The smallest absolute Gasteiger partial charge is 0.123 e. The summed E-state index contributed by atoms with van der Waals surface area (Å²) in [6.07, 6.45) is 2.01. The fraction of sp³-hybridized carbons (Fsp3) is 0.0667. The molecule has 0 fully saturated rings. The van der Waals surface area contributed by atoms with Gasteiger partial charge in [-0.3, -0.25) is 0 Å². The average Bonchev–Trinajstić information content (AvgIpc) is 2.42. The van der Waals surface area contributed by atoms with Crippen molar-refractivity contribution in [3.63, 3.8) is 0 Å². The third-order valence-electron chi connectivity index (χ3n) is 2.39. The maximum atomic E-state index is 12.7. The maximum absolute atomic E-state index is 12.7. The van der Waals surface area contributed by atoms with Crippen molar-refractivity contribution in [2.75, 3.05) is 7.11 Å². The molecule has 0 heterocycles. The van der Waals surface area contributed by atoms with Crippen LogP contribution in [0.3, 0.4) is 0 Å². The molecule has 92 valence electrons. The highest BCUT2D eigenvalue weighted by molar-refractivity contribution is 8.02. The number of halogens is 1. The van der Waals surface area contributed by atoms with Crippen molar-refractivity contribution in [1.82, 2.24) is 0 Å². The molecule has 0 saturated heterocycles. The highest BCUT2D eigenvalue weighted by Crippen LogP contribution is 2.21. The fourth-order valence-electron chi connectivity index (χ4n) is 1.42. The summed E-state index contributed by atoms with van der Waals surface area (Å²) in [4.78, 5) is 1.01. The molecule has 0 bridgehead atoms. The van der Waals surface area contributed by atoms with Crippen LogP contribution in [0.5, 0.6) is 5.75 Å². The monoisotopic (exact) mass is 260 g/mol. The van der Waals surface area contributed by atoms with Gasteiger partial charge < -0.3 is 4.74 Å². The SMILES string of the molecule is COc1ccc(/C=C/Sc2ccc(F)cc2)cc1. The highest BCUT2D eigenvalue weighted by atomic mass is 32.2. The van der Waals surface area contributed by atoms with Gasteiger partial charge in [0.15, 0.2) is 0 Å². The third kappa shape index (κ3) is 3.64. The summed E-state index contributed by atoms with van der Waals surface area (Å²) >= 11 is 1.56. The molecule has 0 unspecified atom stereocenters. The van der Waals surface area contributed by atoms with Gasteiger partial charge in [0.05, 0.1) is 7.11 Å². The van der Waals surface area contributed by atoms with Gasteiger partial charge in [0.1, 0.15) is 11.6 Å². The summed E-state index contributed by atoms with van der Waals surface area (Å²) in [5.41, 5.74) is 1.10. The molecule has 0 atom stereocenters. The highest BCUT2D eigenvalue weighted by Gasteiger charge is 1.92. The zero-order chi connectivity index (χ0) is 12.8. The van der Waals surface area contributed by atoms with Crippen LogP contribution in [-0.2, 0) is 0 Å². The van der Waals surface area contributed by atoms with Crippen LogP contribution in [0.4, 0.5) is 4.39 Å². The van der Waals surface area contributed by atoms with Crippen LogP contribution in [0.1, 0.15) is 5.56 Å². The van der Waals surface area contributed by atoms with Crippen LogP contribution in [0.2, 0.25) is 0 Å². The Bertz CT molecular complexity index is 517. The zero-order valence-corrected chi connectivity index (χ0v) is 10.8. The lowest BCUT2D eigenvalue weighted by Gasteiger charge is -1.99. The summed E-state index contributed by atoms with van der Waals surface area (Å²) in [5, 5.41) is 1.98. The lowest BCUT2D eigenvalue weighted by atomic mass is 10.2. The number of benzene rings is 2. The standard InChI is InChI=1S/C15H13FOS/c1-17-14-6-2-12(3-7-14)10-11-18-15-8-4-13(16)5-9-15/h2-11H,1H3/b11-10+. The molecular formula is C15H13FOS. The van der Waals surface area contributed by atoms with Gasteiger partial charge in [-0.1, -0.05) is 23.9 Å². The molecule has 0 saturated carbocycles. The second-order valence-corrected chi connectivity index (χ2v) is 4.63. The van der Waals surface area contributed by atoms with E-state index in [0.29, 0.717) is 0 Å². The molecule has 18 heavy (non-hydrogen) atoms. The summed E-state index contributed by atoms with van der Waals surface area (Å²) in [6, 6.07) is 14.3. The number of hydrogen-bond donors (Lipinski definition) is 0. The minimum absolute atomic E-state index is 0.210. The van der Waals surface area contributed by atoms with Crippen LogP contribution < -0.4 is 4.74 Å². The molecule has 2 aromatic rings. The van der Waals surface area contributed by atoms with Gasteiger partial charge >= 0.3 is 0 Å². The Morgan fingerprint density at radius 3 is 2.28 bits per heavy atom. The number of rotatable bonds is 4. The van der Waals surface area contributed by atoms with Gasteiger partial charge in [-0.15, -0.1) is 0 Å². The normalized spacial score (nSPS) is 10.8. The molecular weight excluding hydrogens is 247 g/mol. The first-order valence-electron chi connectivity index (χ1n) is 5.51. The summed E-state index contributed by atoms with van der Waals surface area (Å²) in [7, 11) is 1.65. The molecule has 0 amide bonds. The number of ether oxygens (including phenoxy) is 1. The van der Waals surface area contributed by atoms with Crippen molar-refractivity contribution in [2.24, 2.45) is 0 Å². The van der Waals surface area contributed by atoms with E-state index < -0.39 is 0 Å². The van der Waals surface area contributed by atoms with E-state index in [0.717, 1.165) is 16.2 Å². The molecule has 0 radical (unpaired) electrons. The fourth-order valence-corrected chi connectivity index (χ4v) is 2.09. The van der Waals surface area contributed by atoms with Crippen LogP contribution in [-0.4, -0.2) is 7.11 Å². The van der Waals surface area contributed by atoms with E-state index in [9.17, 15) is 4.39 Å². The second kappa shape index (κ2) is 6.26. The largest absolute Gasteiger partial charge is 0.497 e. The van der Waals surface area contributed by atoms with Crippen molar-refractivity contribution >= 4 is 17.8 Å². The molecule has 0 aliphatic rings. The van der Waals surface area contributed by atoms with E-state index in [1.54, 1.807) is 31.0 Å². The molecule has 0 aliphatic heterocycles. The molecule has 3 heteroatoms. The van der Waals surface area contributed by atoms with E-state index in [1.165, 1.54) is 12.1 Å². The first kappa shape index (κ1) is 12.7. The number of methoxy groups -OCH3 is 1.